The molecule has 0 saturated carbocycles. The van der Waals surface area contributed by atoms with Gasteiger partial charge in [0.1, 0.15) is 11.4 Å². The van der Waals surface area contributed by atoms with E-state index in [0.29, 0.717) is 29.8 Å². The molecule has 1 N–H and O–H groups in total. The fourth-order valence-corrected chi connectivity index (χ4v) is 2.94. The predicted molar refractivity (Wildman–Crippen MR) is 94.8 cm³/mol. The molecular weight excluding hydrogens is 304 g/mol. The van der Waals surface area contributed by atoms with E-state index in [-0.39, 0.29) is 11.7 Å². The lowest BCUT2D eigenvalue weighted by molar-refractivity contribution is 0.0620. The number of hydrogen-bond donors (Lipinski definition) is 1. The van der Waals surface area contributed by atoms with Gasteiger partial charge in [-0.15, -0.1) is 0 Å². The first-order chi connectivity index (χ1) is 11.4. The third-order valence-electron chi connectivity index (χ3n) is 4.35. The van der Waals surface area contributed by atoms with E-state index in [1.54, 1.807) is 18.2 Å². The van der Waals surface area contributed by atoms with Crippen molar-refractivity contribution in [2.75, 3.05) is 26.2 Å². The van der Waals surface area contributed by atoms with E-state index < -0.39 is 5.60 Å². The third-order valence-corrected chi connectivity index (χ3v) is 4.35. The number of nitrogens with zero attached hydrogens (tertiary/aromatic N) is 1. The van der Waals surface area contributed by atoms with Crippen molar-refractivity contribution in [1.29, 1.82) is 0 Å². The zero-order valence-corrected chi connectivity index (χ0v) is 15.1. The van der Waals surface area contributed by atoms with Gasteiger partial charge in [0.2, 0.25) is 0 Å². The van der Waals surface area contributed by atoms with Crippen LogP contribution >= 0.6 is 0 Å². The maximum absolute atomic E-state index is 12.3. The molecule has 1 aliphatic rings. The quantitative estimate of drug-likeness (QED) is 0.780. The van der Waals surface area contributed by atoms with Gasteiger partial charge in [-0.25, -0.2) is 0 Å². The Kier molecular flexibility index (Phi) is 5.99. The van der Waals surface area contributed by atoms with E-state index in [2.05, 4.69) is 24.1 Å². The van der Waals surface area contributed by atoms with E-state index in [0.717, 1.165) is 26.1 Å². The molecule has 24 heavy (non-hydrogen) atoms. The standard InChI is InChI=1S/C19H28N2O3/c1-5-21(6-2)11-7-10-20-18(23)14-8-9-17-15(12-14)16(22)13-19(3,4)24-17/h8-9,12H,5-7,10-11,13H2,1-4H3,(H,20,23). The predicted octanol–water partition coefficient (Wildman–Crippen LogP) is 2.89. The van der Waals surface area contributed by atoms with Crippen LogP contribution < -0.4 is 10.1 Å². The molecule has 1 aromatic carbocycles. The SMILES string of the molecule is CCN(CC)CCCNC(=O)c1ccc2c(c1)C(=O)CC(C)(C)O2. The summed E-state index contributed by atoms with van der Waals surface area (Å²) in [4.78, 5) is 26.9. The fourth-order valence-electron chi connectivity index (χ4n) is 2.94. The normalized spacial score (nSPS) is 15.8. The number of hydrogen-bond acceptors (Lipinski definition) is 4. The Bertz CT molecular complexity index is 607. The second kappa shape index (κ2) is 7.79. The lowest BCUT2D eigenvalue weighted by Gasteiger charge is -2.31. The van der Waals surface area contributed by atoms with Crippen molar-refractivity contribution in [1.82, 2.24) is 10.2 Å². The van der Waals surface area contributed by atoms with Crippen molar-refractivity contribution < 1.29 is 14.3 Å². The van der Waals surface area contributed by atoms with Crippen LogP contribution in [0.1, 0.15) is 61.3 Å². The first-order valence-electron chi connectivity index (χ1n) is 8.73. The number of carbonyl (C=O) groups excluding carboxylic acids is 2. The number of amides is 1. The van der Waals surface area contributed by atoms with Crippen LogP contribution in [0.15, 0.2) is 18.2 Å². The molecule has 0 unspecified atom stereocenters. The van der Waals surface area contributed by atoms with Crippen LogP contribution in [0.5, 0.6) is 5.75 Å². The van der Waals surface area contributed by atoms with Gasteiger partial charge < -0.3 is 15.0 Å². The van der Waals surface area contributed by atoms with Gasteiger partial charge in [-0.3, -0.25) is 9.59 Å². The van der Waals surface area contributed by atoms with Crippen molar-refractivity contribution >= 4 is 11.7 Å². The van der Waals surface area contributed by atoms with Crippen LogP contribution in [0, 0.1) is 0 Å². The largest absolute Gasteiger partial charge is 0.487 e. The summed E-state index contributed by atoms with van der Waals surface area (Å²) in [7, 11) is 0. The summed E-state index contributed by atoms with van der Waals surface area (Å²) in [5, 5.41) is 2.92. The molecule has 0 atom stereocenters. The van der Waals surface area contributed by atoms with Gasteiger partial charge in [0.05, 0.1) is 12.0 Å². The van der Waals surface area contributed by atoms with Gasteiger partial charge in [-0.2, -0.15) is 0 Å². The summed E-state index contributed by atoms with van der Waals surface area (Å²) in [6.07, 6.45) is 1.24. The first kappa shape index (κ1) is 18.5. The summed E-state index contributed by atoms with van der Waals surface area (Å²) in [5.74, 6) is 0.446. The van der Waals surface area contributed by atoms with E-state index in [4.69, 9.17) is 4.74 Å². The number of rotatable bonds is 7. The highest BCUT2D eigenvalue weighted by Gasteiger charge is 2.32. The summed E-state index contributed by atoms with van der Waals surface area (Å²) < 4.78 is 5.82. The highest BCUT2D eigenvalue weighted by atomic mass is 16.5. The molecular formula is C19H28N2O3. The Morgan fingerprint density at radius 3 is 2.67 bits per heavy atom. The number of Topliss-reactive ketones (excluding diaryl/α,β-unsaturated/α-hetero) is 1. The van der Waals surface area contributed by atoms with E-state index >= 15 is 0 Å². The minimum absolute atomic E-state index is 0.0254. The smallest absolute Gasteiger partial charge is 0.251 e. The molecule has 0 spiro atoms. The van der Waals surface area contributed by atoms with Crippen LogP contribution in [0.25, 0.3) is 0 Å². The topological polar surface area (TPSA) is 58.6 Å². The molecule has 0 aliphatic carbocycles. The lowest BCUT2D eigenvalue weighted by Crippen LogP contribution is -2.36. The van der Waals surface area contributed by atoms with Crippen molar-refractivity contribution in [2.45, 2.75) is 46.1 Å². The van der Waals surface area contributed by atoms with Crippen LogP contribution in [-0.2, 0) is 0 Å². The van der Waals surface area contributed by atoms with E-state index in [9.17, 15) is 9.59 Å². The zero-order valence-electron chi connectivity index (χ0n) is 15.1. The summed E-state index contributed by atoms with van der Waals surface area (Å²) in [5.41, 5.74) is 0.525. The Hall–Kier alpha value is -1.88. The first-order valence-corrected chi connectivity index (χ1v) is 8.73. The van der Waals surface area contributed by atoms with Crippen molar-refractivity contribution in [3.8, 4) is 5.75 Å². The van der Waals surface area contributed by atoms with Gasteiger partial charge in [-0.1, -0.05) is 13.8 Å². The van der Waals surface area contributed by atoms with Crippen molar-refractivity contribution in [2.24, 2.45) is 0 Å². The summed E-state index contributed by atoms with van der Waals surface area (Å²) in [6, 6.07) is 5.08. The minimum Gasteiger partial charge on any atom is -0.487 e. The minimum atomic E-state index is -0.488. The molecule has 5 heteroatoms. The summed E-state index contributed by atoms with van der Waals surface area (Å²) >= 11 is 0. The molecule has 132 valence electrons. The van der Waals surface area contributed by atoms with Crippen molar-refractivity contribution in [3.05, 3.63) is 29.3 Å². The second-order valence-corrected chi connectivity index (χ2v) is 6.81. The Morgan fingerprint density at radius 1 is 1.29 bits per heavy atom. The fraction of sp³-hybridized carbons (Fsp3) is 0.579. The number of ether oxygens (including phenoxy) is 1. The van der Waals surface area contributed by atoms with Gasteiger partial charge in [0.15, 0.2) is 5.78 Å². The Morgan fingerprint density at radius 2 is 2.00 bits per heavy atom. The van der Waals surface area contributed by atoms with Crippen LogP contribution in [-0.4, -0.2) is 48.4 Å². The van der Waals surface area contributed by atoms with Gasteiger partial charge >= 0.3 is 0 Å². The third kappa shape index (κ3) is 4.57. The molecule has 0 saturated heterocycles. The Balaban J connectivity index is 1.94. The molecule has 1 heterocycles. The molecule has 0 aromatic heterocycles. The van der Waals surface area contributed by atoms with Crippen LogP contribution in [0.4, 0.5) is 0 Å². The molecule has 2 rings (SSSR count). The molecule has 1 aliphatic heterocycles. The second-order valence-electron chi connectivity index (χ2n) is 6.81. The molecule has 1 amide bonds. The average Bonchev–Trinajstić information content (AvgIpc) is 2.53. The average molecular weight is 332 g/mol. The summed E-state index contributed by atoms with van der Waals surface area (Å²) in [6.45, 7) is 11.7. The number of ketones is 1. The van der Waals surface area contributed by atoms with Gasteiger partial charge in [0.25, 0.3) is 5.91 Å². The molecule has 0 bridgehead atoms. The van der Waals surface area contributed by atoms with Gasteiger partial charge in [0, 0.05) is 12.1 Å². The number of benzene rings is 1. The molecule has 5 nitrogen and oxygen atoms in total. The van der Waals surface area contributed by atoms with E-state index in [1.807, 2.05) is 13.8 Å². The van der Waals surface area contributed by atoms with Crippen LogP contribution in [0.2, 0.25) is 0 Å². The number of fused-ring (bicyclic) bond motifs is 1. The molecule has 1 aromatic rings. The highest BCUT2D eigenvalue weighted by molar-refractivity contribution is 6.03. The maximum Gasteiger partial charge on any atom is 0.251 e. The highest BCUT2D eigenvalue weighted by Crippen LogP contribution is 2.33. The Labute approximate surface area is 144 Å². The van der Waals surface area contributed by atoms with Crippen LogP contribution in [0.3, 0.4) is 0 Å². The molecule has 0 fully saturated rings. The lowest BCUT2D eigenvalue weighted by atomic mass is 9.92. The molecule has 0 radical (unpaired) electrons. The van der Waals surface area contributed by atoms with Gasteiger partial charge in [-0.05, 0) is 58.1 Å². The van der Waals surface area contributed by atoms with Crippen molar-refractivity contribution in [3.63, 3.8) is 0 Å². The number of nitrogens with one attached hydrogen (secondary N) is 1. The van der Waals surface area contributed by atoms with E-state index in [1.165, 1.54) is 0 Å². The monoisotopic (exact) mass is 332 g/mol. The number of carbonyl (C=O) groups is 2. The maximum atomic E-state index is 12.3. The zero-order chi connectivity index (χ0) is 17.7.